The molecule has 0 amide bonds. The molecule has 10 heteroatoms. The Morgan fingerprint density at radius 3 is 2.15 bits per heavy atom. The van der Waals surface area contributed by atoms with Gasteiger partial charge in [0.05, 0.1) is 21.6 Å². The van der Waals surface area contributed by atoms with Gasteiger partial charge < -0.3 is 4.42 Å². The molecule has 2 heterocycles. The van der Waals surface area contributed by atoms with Gasteiger partial charge in [0.25, 0.3) is 0 Å². The van der Waals surface area contributed by atoms with Crippen LogP contribution in [0.1, 0.15) is 18.6 Å². The van der Waals surface area contributed by atoms with E-state index in [0.717, 1.165) is 0 Å². The summed E-state index contributed by atoms with van der Waals surface area (Å²) >= 11 is 12.0. The average Bonchev–Trinajstić information content (AvgIpc) is 3.07. The molecule has 0 spiro atoms. The van der Waals surface area contributed by atoms with E-state index in [4.69, 9.17) is 27.6 Å². The van der Waals surface area contributed by atoms with Gasteiger partial charge in [-0.1, -0.05) is 29.3 Å². The minimum absolute atomic E-state index is 0.0464. The van der Waals surface area contributed by atoms with E-state index in [2.05, 4.69) is 0 Å². The highest BCUT2D eigenvalue weighted by Gasteiger charge is 2.36. The lowest BCUT2D eigenvalue weighted by Gasteiger charge is -2.31. The molecule has 2 aromatic rings. The molecule has 1 fully saturated rings. The van der Waals surface area contributed by atoms with Gasteiger partial charge in [-0.15, -0.1) is 0 Å². The Hall–Kier alpha value is -1.06. The highest BCUT2D eigenvalue weighted by atomic mass is 35.5. The monoisotopic (exact) mass is 437 g/mol. The molecule has 0 N–H and O–H groups in total. The Bertz CT molecular complexity index is 959. The number of benzene rings is 1. The minimum Gasteiger partial charge on any atom is -0.468 e. The first-order valence-corrected chi connectivity index (χ1v) is 11.8. The molecule has 0 bridgehead atoms. The van der Waals surface area contributed by atoms with Crippen molar-refractivity contribution in [2.75, 3.05) is 13.1 Å². The molecule has 6 nitrogen and oxygen atoms in total. The molecule has 142 valence electrons. The molecule has 0 unspecified atom stereocenters. The summed E-state index contributed by atoms with van der Waals surface area (Å²) in [5, 5.41) is -0.518. The SMILES string of the molecule is O=S(=O)(Cc1ccco1)C1CCN(S(=O)(=O)c2c(Cl)cccc2Cl)CC1. The topological polar surface area (TPSA) is 84.7 Å². The molecular weight excluding hydrogens is 421 g/mol. The van der Waals surface area contributed by atoms with E-state index >= 15 is 0 Å². The van der Waals surface area contributed by atoms with Crippen LogP contribution >= 0.6 is 23.2 Å². The van der Waals surface area contributed by atoms with Crippen LogP contribution < -0.4 is 0 Å². The van der Waals surface area contributed by atoms with Crippen LogP contribution in [0, 0.1) is 0 Å². The van der Waals surface area contributed by atoms with E-state index in [1.54, 1.807) is 18.2 Å². The van der Waals surface area contributed by atoms with E-state index < -0.39 is 25.1 Å². The molecular formula is C16H17Cl2NO5S2. The molecule has 0 atom stereocenters. The lowest BCUT2D eigenvalue weighted by atomic mass is 10.2. The second kappa shape index (κ2) is 7.52. The first-order chi connectivity index (χ1) is 12.2. The van der Waals surface area contributed by atoms with Crippen LogP contribution in [0.5, 0.6) is 0 Å². The van der Waals surface area contributed by atoms with Gasteiger partial charge in [0, 0.05) is 13.1 Å². The van der Waals surface area contributed by atoms with Gasteiger partial charge in [-0.05, 0) is 37.1 Å². The van der Waals surface area contributed by atoms with Crippen LogP contribution in [0.2, 0.25) is 10.0 Å². The molecule has 1 aliphatic rings. The van der Waals surface area contributed by atoms with Crippen molar-refractivity contribution in [3.63, 3.8) is 0 Å². The van der Waals surface area contributed by atoms with Gasteiger partial charge in [0.1, 0.15) is 16.4 Å². The van der Waals surface area contributed by atoms with E-state index in [1.807, 2.05) is 0 Å². The fourth-order valence-electron chi connectivity index (χ4n) is 3.00. The van der Waals surface area contributed by atoms with Crippen molar-refractivity contribution in [3.05, 3.63) is 52.4 Å². The van der Waals surface area contributed by atoms with Gasteiger partial charge in [-0.3, -0.25) is 0 Å². The molecule has 0 radical (unpaired) electrons. The number of sulfone groups is 1. The summed E-state index contributed by atoms with van der Waals surface area (Å²) < 4.78 is 57.0. The van der Waals surface area contributed by atoms with Crippen LogP contribution in [-0.4, -0.2) is 39.5 Å². The Labute approximate surface area is 162 Å². The van der Waals surface area contributed by atoms with Crippen LogP contribution in [0.3, 0.4) is 0 Å². The third-order valence-electron chi connectivity index (χ3n) is 4.35. The Morgan fingerprint density at radius 2 is 1.62 bits per heavy atom. The molecule has 3 rings (SSSR count). The maximum Gasteiger partial charge on any atom is 0.246 e. The molecule has 1 saturated heterocycles. The Balaban J connectivity index is 1.74. The van der Waals surface area contributed by atoms with Gasteiger partial charge in [0.2, 0.25) is 10.0 Å². The maximum atomic E-state index is 12.8. The largest absolute Gasteiger partial charge is 0.468 e. The lowest BCUT2D eigenvalue weighted by molar-refractivity contribution is 0.345. The lowest BCUT2D eigenvalue weighted by Crippen LogP contribution is -2.42. The summed E-state index contributed by atoms with van der Waals surface area (Å²) in [4.78, 5) is -0.139. The first kappa shape index (κ1) is 19.7. The Morgan fingerprint density at radius 1 is 1.00 bits per heavy atom. The van der Waals surface area contributed by atoms with Crippen molar-refractivity contribution in [1.29, 1.82) is 0 Å². The highest BCUT2D eigenvalue weighted by Crippen LogP contribution is 2.33. The summed E-state index contributed by atoms with van der Waals surface area (Å²) in [6, 6.07) is 7.73. The van der Waals surface area contributed by atoms with Crippen LogP contribution in [-0.2, 0) is 25.6 Å². The normalized spacial score (nSPS) is 17.5. The fraction of sp³-hybridized carbons (Fsp3) is 0.375. The average molecular weight is 438 g/mol. The molecule has 0 aliphatic carbocycles. The second-order valence-electron chi connectivity index (χ2n) is 6.04. The number of rotatable bonds is 5. The van der Waals surface area contributed by atoms with Crippen LogP contribution in [0.4, 0.5) is 0 Å². The van der Waals surface area contributed by atoms with E-state index in [-0.39, 0.29) is 46.6 Å². The number of hydrogen-bond donors (Lipinski definition) is 0. The van der Waals surface area contributed by atoms with Crippen molar-refractivity contribution >= 4 is 43.1 Å². The van der Waals surface area contributed by atoms with Crippen molar-refractivity contribution in [2.24, 2.45) is 0 Å². The molecule has 1 aromatic heterocycles. The zero-order valence-corrected chi connectivity index (χ0v) is 16.8. The number of piperidine rings is 1. The van der Waals surface area contributed by atoms with Gasteiger partial charge in [-0.25, -0.2) is 16.8 Å². The van der Waals surface area contributed by atoms with Gasteiger partial charge in [-0.2, -0.15) is 4.31 Å². The van der Waals surface area contributed by atoms with Crippen molar-refractivity contribution < 1.29 is 21.3 Å². The zero-order valence-electron chi connectivity index (χ0n) is 13.6. The zero-order chi connectivity index (χ0) is 18.9. The summed E-state index contributed by atoms with van der Waals surface area (Å²) in [6.07, 6.45) is 1.85. The quantitative estimate of drug-likeness (QED) is 0.715. The highest BCUT2D eigenvalue weighted by molar-refractivity contribution is 7.91. The van der Waals surface area contributed by atoms with Crippen molar-refractivity contribution in [3.8, 4) is 0 Å². The molecule has 0 saturated carbocycles. The first-order valence-electron chi connectivity index (χ1n) is 7.90. The summed E-state index contributed by atoms with van der Waals surface area (Å²) in [5.41, 5.74) is 0. The van der Waals surface area contributed by atoms with Crippen molar-refractivity contribution in [1.82, 2.24) is 4.31 Å². The maximum absolute atomic E-state index is 12.8. The number of halogens is 2. The van der Waals surface area contributed by atoms with Gasteiger partial charge in [0.15, 0.2) is 9.84 Å². The Kier molecular flexibility index (Phi) is 5.69. The standard InChI is InChI=1S/C16H17Cl2NO5S2/c17-14-4-1-5-15(18)16(14)26(22,23)19-8-6-13(7-9-19)25(20,21)11-12-3-2-10-24-12/h1-5,10,13H,6-9,11H2. The fourth-order valence-corrected chi connectivity index (χ4v) is 7.29. The third kappa shape index (κ3) is 3.94. The number of hydrogen-bond acceptors (Lipinski definition) is 5. The minimum atomic E-state index is -3.89. The van der Waals surface area contributed by atoms with E-state index in [9.17, 15) is 16.8 Å². The molecule has 26 heavy (non-hydrogen) atoms. The van der Waals surface area contributed by atoms with E-state index in [1.165, 1.54) is 22.7 Å². The summed E-state index contributed by atoms with van der Waals surface area (Å²) in [5.74, 6) is 0.191. The third-order valence-corrected chi connectivity index (χ3v) is 9.38. The number of sulfonamides is 1. The van der Waals surface area contributed by atoms with E-state index in [0.29, 0.717) is 5.76 Å². The molecule has 1 aromatic carbocycles. The van der Waals surface area contributed by atoms with Crippen LogP contribution in [0.15, 0.2) is 45.9 Å². The molecule has 1 aliphatic heterocycles. The van der Waals surface area contributed by atoms with Crippen LogP contribution in [0.25, 0.3) is 0 Å². The number of nitrogens with zero attached hydrogens (tertiary/aromatic N) is 1. The predicted octanol–water partition coefficient (Wildman–Crippen LogP) is 3.35. The summed E-state index contributed by atoms with van der Waals surface area (Å²) in [7, 11) is -7.31. The summed E-state index contributed by atoms with van der Waals surface area (Å²) in [6.45, 7) is 0.178. The number of furan rings is 1. The smallest absolute Gasteiger partial charge is 0.246 e. The van der Waals surface area contributed by atoms with Crippen molar-refractivity contribution in [2.45, 2.75) is 28.7 Å². The van der Waals surface area contributed by atoms with Gasteiger partial charge >= 0.3 is 0 Å². The second-order valence-corrected chi connectivity index (χ2v) is 11.0. The predicted molar refractivity (Wildman–Crippen MR) is 99.6 cm³/mol.